The lowest BCUT2D eigenvalue weighted by atomic mass is 9.83. The van der Waals surface area contributed by atoms with Crippen LogP contribution in [0.15, 0.2) is 49.1 Å². The maximum absolute atomic E-state index is 14.7. The first-order valence-electron chi connectivity index (χ1n) is 15.6. The number of carbonyl (C=O) groups is 1. The maximum atomic E-state index is 14.7. The van der Waals surface area contributed by atoms with Crippen molar-refractivity contribution in [3.8, 4) is 11.3 Å². The van der Waals surface area contributed by atoms with Crippen LogP contribution in [-0.4, -0.2) is 55.5 Å². The Hall–Kier alpha value is -3.85. The number of imidazole rings is 1. The van der Waals surface area contributed by atoms with E-state index in [0.717, 1.165) is 46.4 Å². The summed E-state index contributed by atoms with van der Waals surface area (Å²) in [6.07, 6.45) is 10.7. The van der Waals surface area contributed by atoms with Crippen LogP contribution in [0.1, 0.15) is 71.4 Å². The normalized spacial score (nSPS) is 23.8. The summed E-state index contributed by atoms with van der Waals surface area (Å²) >= 11 is 0. The lowest BCUT2D eigenvalue weighted by molar-refractivity contribution is -0.123. The SMILES string of the molecule is CC(C)n1cnc2cc(-c3ccc4c(c3)N(C3CC(N5CCC6(CC6)C5)C3)C(=O)C4(C)C)nc(Nc3ccncc3F)c21. The number of benzene rings is 1. The standard InChI is InChI=1S/C34H38FN7O/c1-20(2)41-19-37-28-16-27(39-31(30(28)41)38-26-7-11-36-17-25(26)35)21-5-6-24-29(13-21)42(32(43)33(24,3)4)23-14-22(15-23)40-12-10-34(18-40)8-9-34/h5-7,11,13,16-17,19-20,22-23H,8-10,12,14-15,18H2,1-4H3,(H,36,38,39). The average molecular weight is 580 g/mol. The van der Waals surface area contributed by atoms with Gasteiger partial charge in [0, 0.05) is 42.1 Å². The molecule has 8 nitrogen and oxygen atoms in total. The van der Waals surface area contributed by atoms with Crippen LogP contribution in [0.4, 0.5) is 21.6 Å². The molecule has 1 amide bonds. The molecule has 0 bridgehead atoms. The molecule has 3 fully saturated rings. The highest BCUT2D eigenvalue weighted by molar-refractivity contribution is 6.08. The van der Waals surface area contributed by atoms with Crippen molar-refractivity contribution in [2.45, 2.75) is 83.3 Å². The van der Waals surface area contributed by atoms with E-state index in [1.165, 1.54) is 38.5 Å². The minimum Gasteiger partial charge on any atom is -0.336 e. The van der Waals surface area contributed by atoms with Gasteiger partial charge < -0.3 is 14.8 Å². The first-order chi connectivity index (χ1) is 20.6. The van der Waals surface area contributed by atoms with E-state index in [1.54, 1.807) is 18.6 Å². The lowest BCUT2D eigenvalue weighted by Crippen LogP contribution is -2.55. The zero-order chi connectivity index (χ0) is 29.7. The molecule has 2 saturated carbocycles. The number of rotatable bonds is 6. The van der Waals surface area contributed by atoms with E-state index in [2.05, 4.69) is 46.1 Å². The van der Waals surface area contributed by atoms with Gasteiger partial charge in [-0.1, -0.05) is 12.1 Å². The number of hydrogen-bond donors (Lipinski definition) is 1. The number of halogens is 1. The van der Waals surface area contributed by atoms with E-state index in [9.17, 15) is 9.18 Å². The number of pyridine rings is 2. The van der Waals surface area contributed by atoms with Crippen LogP contribution >= 0.6 is 0 Å². The summed E-state index contributed by atoms with van der Waals surface area (Å²) in [6, 6.07) is 10.8. The van der Waals surface area contributed by atoms with Gasteiger partial charge in [0.15, 0.2) is 11.6 Å². The van der Waals surface area contributed by atoms with Crippen molar-refractivity contribution in [2.75, 3.05) is 23.3 Å². The number of aromatic nitrogens is 4. The third-order valence-corrected chi connectivity index (χ3v) is 10.5. The van der Waals surface area contributed by atoms with Crippen LogP contribution in [0.5, 0.6) is 0 Å². The highest BCUT2D eigenvalue weighted by Gasteiger charge is 2.53. The van der Waals surface area contributed by atoms with Gasteiger partial charge in [0.05, 0.1) is 34.8 Å². The van der Waals surface area contributed by atoms with Crippen molar-refractivity contribution < 1.29 is 9.18 Å². The fourth-order valence-corrected chi connectivity index (χ4v) is 7.53. The molecule has 5 heterocycles. The van der Waals surface area contributed by atoms with Gasteiger partial charge in [-0.3, -0.25) is 14.7 Å². The number of anilines is 3. The van der Waals surface area contributed by atoms with Crippen LogP contribution < -0.4 is 10.2 Å². The Bertz CT molecular complexity index is 1770. The molecule has 4 aromatic rings. The molecule has 1 spiro atoms. The second-order valence-electron chi connectivity index (χ2n) is 14.0. The van der Waals surface area contributed by atoms with Crippen molar-refractivity contribution in [3.05, 3.63) is 60.4 Å². The number of likely N-dealkylation sites (tertiary alicyclic amines) is 1. The van der Waals surface area contributed by atoms with Crippen LogP contribution in [0.25, 0.3) is 22.3 Å². The predicted octanol–water partition coefficient (Wildman–Crippen LogP) is 6.60. The third kappa shape index (κ3) is 4.18. The topological polar surface area (TPSA) is 79.2 Å². The predicted molar refractivity (Wildman–Crippen MR) is 166 cm³/mol. The fraction of sp³-hybridized carbons (Fsp3) is 0.471. The van der Waals surface area contributed by atoms with E-state index in [1.807, 2.05) is 30.5 Å². The van der Waals surface area contributed by atoms with Gasteiger partial charge in [0.1, 0.15) is 5.52 Å². The molecular weight excluding hydrogens is 541 g/mol. The largest absolute Gasteiger partial charge is 0.336 e. The second kappa shape index (κ2) is 9.32. The van der Waals surface area contributed by atoms with Crippen LogP contribution in [0.2, 0.25) is 0 Å². The van der Waals surface area contributed by atoms with E-state index < -0.39 is 11.2 Å². The number of nitrogens with one attached hydrogen (secondary N) is 1. The Labute approximate surface area is 251 Å². The Balaban J connectivity index is 1.15. The van der Waals surface area contributed by atoms with Crippen LogP contribution in [0, 0.1) is 11.2 Å². The highest BCUT2D eigenvalue weighted by Crippen LogP contribution is 2.55. The molecule has 0 radical (unpaired) electrons. The maximum Gasteiger partial charge on any atom is 0.237 e. The Morgan fingerprint density at radius 3 is 2.60 bits per heavy atom. The van der Waals surface area contributed by atoms with Gasteiger partial charge in [-0.15, -0.1) is 0 Å². The molecule has 4 aliphatic rings. The minimum absolute atomic E-state index is 0.143. The van der Waals surface area contributed by atoms with E-state index in [0.29, 0.717) is 23.0 Å². The van der Waals surface area contributed by atoms with E-state index in [4.69, 9.17) is 9.97 Å². The number of amides is 1. The van der Waals surface area contributed by atoms with Gasteiger partial charge in [-0.2, -0.15) is 0 Å². The second-order valence-corrected chi connectivity index (χ2v) is 14.0. The minimum atomic E-state index is -0.580. The van der Waals surface area contributed by atoms with Gasteiger partial charge in [-0.05, 0) is 95.5 Å². The van der Waals surface area contributed by atoms with Crippen molar-refractivity contribution in [1.82, 2.24) is 24.4 Å². The molecule has 0 atom stereocenters. The summed E-state index contributed by atoms with van der Waals surface area (Å²) < 4.78 is 16.7. The summed E-state index contributed by atoms with van der Waals surface area (Å²) in [5.41, 5.74) is 5.59. The number of fused-ring (bicyclic) bond motifs is 2. The molecule has 1 N–H and O–H groups in total. The molecule has 43 heavy (non-hydrogen) atoms. The zero-order valence-corrected chi connectivity index (χ0v) is 25.3. The summed E-state index contributed by atoms with van der Waals surface area (Å²) in [7, 11) is 0. The molecule has 0 unspecified atom stereocenters. The zero-order valence-electron chi connectivity index (χ0n) is 25.3. The molecule has 8 rings (SSSR count). The first-order valence-corrected chi connectivity index (χ1v) is 15.6. The van der Waals surface area contributed by atoms with Crippen LogP contribution in [-0.2, 0) is 10.2 Å². The van der Waals surface area contributed by atoms with E-state index in [-0.39, 0.29) is 18.0 Å². The highest BCUT2D eigenvalue weighted by atomic mass is 19.1. The Morgan fingerprint density at radius 2 is 1.88 bits per heavy atom. The summed E-state index contributed by atoms with van der Waals surface area (Å²) in [5.74, 6) is 0.253. The van der Waals surface area contributed by atoms with Crippen molar-refractivity contribution in [3.63, 3.8) is 0 Å². The lowest BCUT2D eigenvalue weighted by Gasteiger charge is -2.46. The smallest absolute Gasteiger partial charge is 0.237 e. The van der Waals surface area contributed by atoms with Gasteiger partial charge >= 0.3 is 0 Å². The molecular formula is C34H38FN7O. The Morgan fingerprint density at radius 1 is 1.07 bits per heavy atom. The molecule has 9 heteroatoms. The number of hydrogen-bond acceptors (Lipinski definition) is 6. The molecule has 1 aromatic carbocycles. The molecule has 222 valence electrons. The molecule has 1 saturated heterocycles. The summed E-state index contributed by atoms with van der Waals surface area (Å²) in [5, 5.41) is 3.21. The fourth-order valence-electron chi connectivity index (χ4n) is 7.53. The van der Waals surface area contributed by atoms with Crippen molar-refractivity contribution in [1.29, 1.82) is 0 Å². The van der Waals surface area contributed by atoms with Crippen LogP contribution in [0.3, 0.4) is 0 Å². The quantitative estimate of drug-likeness (QED) is 0.277. The third-order valence-electron chi connectivity index (χ3n) is 10.5. The average Bonchev–Trinajstić information content (AvgIpc) is 3.29. The summed E-state index contributed by atoms with van der Waals surface area (Å²) in [4.78, 5) is 32.2. The van der Waals surface area contributed by atoms with Crippen molar-refractivity contribution >= 4 is 34.1 Å². The first kappa shape index (κ1) is 26.8. The number of nitrogens with zero attached hydrogens (tertiary/aromatic N) is 6. The molecule has 2 aliphatic heterocycles. The van der Waals surface area contributed by atoms with Crippen molar-refractivity contribution in [2.24, 2.45) is 5.41 Å². The van der Waals surface area contributed by atoms with Gasteiger partial charge in [-0.25, -0.2) is 14.4 Å². The van der Waals surface area contributed by atoms with Gasteiger partial charge in [0.25, 0.3) is 0 Å². The van der Waals surface area contributed by atoms with E-state index >= 15 is 0 Å². The Kier molecular flexibility index (Phi) is 5.80. The monoisotopic (exact) mass is 579 g/mol. The molecule has 2 aliphatic carbocycles. The molecule has 3 aromatic heterocycles. The summed E-state index contributed by atoms with van der Waals surface area (Å²) in [6.45, 7) is 10.7. The van der Waals surface area contributed by atoms with Gasteiger partial charge in [0.2, 0.25) is 5.91 Å². The number of carbonyl (C=O) groups excluding carboxylic acids is 1.